The maximum atomic E-state index is 13.5. The van der Waals surface area contributed by atoms with Crippen LogP contribution < -0.4 is 5.32 Å². The predicted octanol–water partition coefficient (Wildman–Crippen LogP) is 4.05. The monoisotopic (exact) mass is 325 g/mol. The van der Waals surface area contributed by atoms with Crippen molar-refractivity contribution in [3.63, 3.8) is 0 Å². The molecular formula is C18H16FN3O2. The van der Waals surface area contributed by atoms with Crippen LogP contribution in [0.4, 0.5) is 10.2 Å². The molecule has 1 N–H and O–H groups in total. The summed E-state index contributed by atoms with van der Waals surface area (Å²) in [7, 11) is 0. The highest BCUT2D eigenvalue weighted by Crippen LogP contribution is 2.23. The summed E-state index contributed by atoms with van der Waals surface area (Å²) in [6, 6.07) is 7.87. The number of carbonyl (C=O) groups excluding carboxylic acids is 1. The summed E-state index contributed by atoms with van der Waals surface area (Å²) < 4.78 is 18.9. The molecule has 2 aromatic heterocycles. The van der Waals surface area contributed by atoms with Gasteiger partial charge in [-0.15, -0.1) is 0 Å². The number of amides is 1. The minimum Gasteiger partial charge on any atom is -0.446 e. The van der Waals surface area contributed by atoms with Crippen LogP contribution in [0.15, 0.2) is 40.9 Å². The first-order chi connectivity index (χ1) is 11.5. The van der Waals surface area contributed by atoms with Gasteiger partial charge in [0.25, 0.3) is 5.91 Å². The van der Waals surface area contributed by atoms with Crippen LogP contribution in [0.3, 0.4) is 0 Å². The zero-order valence-electron chi connectivity index (χ0n) is 13.6. The van der Waals surface area contributed by atoms with Crippen LogP contribution >= 0.6 is 0 Å². The molecule has 0 radical (unpaired) electrons. The Labute approximate surface area is 138 Å². The number of anilines is 1. The van der Waals surface area contributed by atoms with E-state index in [1.165, 1.54) is 12.1 Å². The molecule has 24 heavy (non-hydrogen) atoms. The van der Waals surface area contributed by atoms with Crippen molar-refractivity contribution in [2.75, 3.05) is 5.32 Å². The maximum absolute atomic E-state index is 13.5. The molecular weight excluding hydrogens is 309 g/mol. The minimum atomic E-state index is -0.414. The number of aromatic nitrogens is 2. The van der Waals surface area contributed by atoms with Crippen LogP contribution in [0.2, 0.25) is 0 Å². The van der Waals surface area contributed by atoms with Crippen molar-refractivity contribution in [3.8, 4) is 11.3 Å². The fourth-order valence-electron chi connectivity index (χ4n) is 2.44. The van der Waals surface area contributed by atoms with Crippen molar-refractivity contribution in [1.82, 2.24) is 9.97 Å². The van der Waals surface area contributed by atoms with Crippen molar-refractivity contribution < 1.29 is 13.6 Å². The number of hydrogen-bond acceptors (Lipinski definition) is 4. The second-order valence-electron chi connectivity index (χ2n) is 5.44. The van der Waals surface area contributed by atoms with E-state index in [9.17, 15) is 9.18 Å². The van der Waals surface area contributed by atoms with E-state index in [-0.39, 0.29) is 5.56 Å². The van der Waals surface area contributed by atoms with Gasteiger partial charge in [-0.05, 0) is 43.7 Å². The molecule has 3 rings (SSSR count). The van der Waals surface area contributed by atoms with Crippen molar-refractivity contribution in [1.29, 1.82) is 0 Å². The number of oxazole rings is 1. The number of halogens is 1. The lowest BCUT2D eigenvalue weighted by Crippen LogP contribution is -2.14. The summed E-state index contributed by atoms with van der Waals surface area (Å²) >= 11 is 0. The third kappa shape index (κ3) is 3.03. The molecule has 0 saturated heterocycles. The molecule has 0 aliphatic rings. The Morgan fingerprint density at radius 3 is 2.58 bits per heavy atom. The van der Waals surface area contributed by atoms with Crippen LogP contribution in [0.5, 0.6) is 0 Å². The highest BCUT2D eigenvalue weighted by atomic mass is 19.1. The first-order valence-corrected chi connectivity index (χ1v) is 7.42. The van der Waals surface area contributed by atoms with Gasteiger partial charge >= 0.3 is 0 Å². The molecule has 3 aromatic rings. The molecule has 5 nitrogen and oxygen atoms in total. The van der Waals surface area contributed by atoms with Crippen molar-refractivity contribution in [3.05, 3.63) is 65.1 Å². The number of carbonyl (C=O) groups is 1. The van der Waals surface area contributed by atoms with Crippen LogP contribution in [0, 0.1) is 26.6 Å². The lowest BCUT2D eigenvalue weighted by molar-refractivity contribution is 0.102. The number of hydrogen-bond donors (Lipinski definition) is 1. The van der Waals surface area contributed by atoms with Crippen LogP contribution in [-0.4, -0.2) is 15.9 Å². The zero-order chi connectivity index (χ0) is 17.3. The summed E-state index contributed by atoms with van der Waals surface area (Å²) in [6.07, 6.45) is 1.61. The lowest BCUT2D eigenvalue weighted by Gasteiger charge is -2.08. The molecule has 1 aromatic carbocycles. The molecule has 0 fully saturated rings. The number of rotatable bonds is 3. The van der Waals surface area contributed by atoms with Gasteiger partial charge in [0.1, 0.15) is 23.1 Å². The Hall–Kier alpha value is -3.02. The second-order valence-corrected chi connectivity index (χ2v) is 5.44. The summed E-state index contributed by atoms with van der Waals surface area (Å²) in [5.41, 5.74) is 2.10. The average molecular weight is 325 g/mol. The predicted molar refractivity (Wildman–Crippen MR) is 88.3 cm³/mol. The van der Waals surface area contributed by atoms with Crippen LogP contribution in [0.25, 0.3) is 11.3 Å². The van der Waals surface area contributed by atoms with E-state index in [0.29, 0.717) is 23.0 Å². The maximum Gasteiger partial charge on any atom is 0.257 e. The number of nitrogens with one attached hydrogen (secondary N) is 1. The first-order valence-electron chi connectivity index (χ1n) is 7.42. The smallest absolute Gasteiger partial charge is 0.257 e. The SMILES string of the molecule is Cc1nc(-c2ccc(NC(=O)c3cccc(F)c3C)nc2)c(C)o1. The third-order valence-corrected chi connectivity index (χ3v) is 3.69. The van der Waals surface area contributed by atoms with Gasteiger partial charge in [0.05, 0.1) is 0 Å². The van der Waals surface area contributed by atoms with E-state index in [1.807, 2.05) is 6.92 Å². The van der Waals surface area contributed by atoms with E-state index in [0.717, 1.165) is 11.3 Å². The van der Waals surface area contributed by atoms with Gasteiger partial charge in [0, 0.05) is 24.2 Å². The van der Waals surface area contributed by atoms with Crippen molar-refractivity contribution >= 4 is 11.7 Å². The topological polar surface area (TPSA) is 68.0 Å². The van der Waals surface area contributed by atoms with Gasteiger partial charge < -0.3 is 9.73 Å². The molecule has 0 aliphatic carbocycles. The average Bonchev–Trinajstić information content (AvgIpc) is 2.89. The van der Waals surface area contributed by atoms with Crippen LogP contribution in [-0.2, 0) is 0 Å². The zero-order valence-corrected chi connectivity index (χ0v) is 13.6. The summed E-state index contributed by atoms with van der Waals surface area (Å²) in [5.74, 6) is 0.858. The Kier molecular flexibility index (Phi) is 4.12. The molecule has 0 unspecified atom stereocenters. The van der Waals surface area contributed by atoms with Gasteiger partial charge in [-0.1, -0.05) is 6.07 Å². The standard InChI is InChI=1S/C18H16FN3O2/c1-10-14(5-4-6-15(10)19)18(23)22-16-8-7-13(9-20-16)17-11(2)24-12(3)21-17/h4-9H,1-3H3,(H,20,22,23). The van der Waals surface area contributed by atoms with Gasteiger partial charge in [-0.25, -0.2) is 14.4 Å². The van der Waals surface area contributed by atoms with E-state index in [4.69, 9.17) is 4.42 Å². The second kappa shape index (κ2) is 6.23. The lowest BCUT2D eigenvalue weighted by atomic mass is 10.1. The molecule has 0 atom stereocenters. The summed E-state index contributed by atoms with van der Waals surface area (Å²) in [4.78, 5) is 20.8. The number of aryl methyl sites for hydroxylation is 2. The molecule has 2 heterocycles. The van der Waals surface area contributed by atoms with E-state index in [2.05, 4.69) is 15.3 Å². The first kappa shape index (κ1) is 15.9. The fraction of sp³-hybridized carbons (Fsp3) is 0.167. The molecule has 0 aliphatic heterocycles. The Bertz CT molecular complexity index is 901. The number of pyridine rings is 1. The van der Waals surface area contributed by atoms with Gasteiger partial charge in [-0.3, -0.25) is 4.79 Å². The molecule has 6 heteroatoms. The summed E-state index contributed by atoms with van der Waals surface area (Å²) in [6.45, 7) is 5.17. The van der Waals surface area contributed by atoms with E-state index in [1.54, 1.807) is 38.2 Å². The van der Waals surface area contributed by atoms with E-state index < -0.39 is 11.7 Å². The number of benzene rings is 1. The van der Waals surface area contributed by atoms with Gasteiger partial charge in [0.15, 0.2) is 5.89 Å². The highest BCUT2D eigenvalue weighted by Gasteiger charge is 2.13. The highest BCUT2D eigenvalue weighted by molar-refractivity contribution is 6.04. The molecule has 0 bridgehead atoms. The Morgan fingerprint density at radius 1 is 1.17 bits per heavy atom. The molecule has 0 saturated carbocycles. The minimum absolute atomic E-state index is 0.281. The normalized spacial score (nSPS) is 10.7. The van der Waals surface area contributed by atoms with Crippen LogP contribution in [0.1, 0.15) is 27.6 Å². The molecule has 1 amide bonds. The quantitative estimate of drug-likeness (QED) is 0.788. The van der Waals surface area contributed by atoms with E-state index >= 15 is 0 Å². The number of nitrogens with zero attached hydrogens (tertiary/aromatic N) is 2. The van der Waals surface area contributed by atoms with Gasteiger partial charge in [-0.2, -0.15) is 0 Å². The third-order valence-electron chi connectivity index (χ3n) is 3.69. The van der Waals surface area contributed by atoms with Crippen molar-refractivity contribution in [2.45, 2.75) is 20.8 Å². The molecule has 0 spiro atoms. The van der Waals surface area contributed by atoms with Crippen molar-refractivity contribution in [2.24, 2.45) is 0 Å². The fourth-order valence-corrected chi connectivity index (χ4v) is 2.44. The largest absolute Gasteiger partial charge is 0.446 e. The Morgan fingerprint density at radius 2 is 1.96 bits per heavy atom. The Balaban J connectivity index is 1.80. The molecule has 122 valence electrons. The van der Waals surface area contributed by atoms with Gasteiger partial charge in [0.2, 0.25) is 0 Å². The summed E-state index contributed by atoms with van der Waals surface area (Å²) in [5, 5.41) is 2.66.